The lowest BCUT2D eigenvalue weighted by Gasteiger charge is -1.77. The Balaban J connectivity index is 2.74. The number of thiol groups is 1. The smallest absolute Gasteiger partial charge is 0.146 e. The SMILES string of the molecule is CCc1cc(CS)on1. The largest absolute Gasteiger partial charge is 0.360 e. The van der Waals surface area contributed by atoms with E-state index in [0.717, 1.165) is 17.9 Å². The average molecular weight is 143 g/mol. The number of rotatable bonds is 2. The van der Waals surface area contributed by atoms with E-state index in [1.165, 1.54) is 0 Å². The Morgan fingerprint density at radius 2 is 2.56 bits per heavy atom. The molecule has 1 aromatic heterocycles. The molecule has 0 spiro atoms. The van der Waals surface area contributed by atoms with Crippen molar-refractivity contribution in [3.05, 3.63) is 17.5 Å². The summed E-state index contributed by atoms with van der Waals surface area (Å²) in [6.45, 7) is 2.04. The summed E-state index contributed by atoms with van der Waals surface area (Å²) in [6, 6.07) is 1.92. The molecule has 9 heavy (non-hydrogen) atoms. The maximum absolute atomic E-state index is 4.88. The molecule has 0 saturated heterocycles. The highest BCUT2D eigenvalue weighted by Gasteiger charge is 1.97. The zero-order valence-electron chi connectivity index (χ0n) is 5.29. The number of nitrogens with zero attached hydrogens (tertiary/aromatic N) is 1. The second-order valence-corrected chi connectivity index (χ2v) is 2.11. The first-order valence-electron chi connectivity index (χ1n) is 2.92. The fraction of sp³-hybridized carbons (Fsp3) is 0.500. The van der Waals surface area contributed by atoms with Gasteiger partial charge in [-0.3, -0.25) is 0 Å². The van der Waals surface area contributed by atoms with E-state index in [2.05, 4.69) is 17.8 Å². The molecule has 0 unspecified atom stereocenters. The first-order valence-corrected chi connectivity index (χ1v) is 3.55. The van der Waals surface area contributed by atoms with Gasteiger partial charge in [-0.25, -0.2) is 0 Å². The summed E-state index contributed by atoms with van der Waals surface area (Å²) in [5, 5.41) is 3.78. The molecule has 0 bridgehead atoms. The molecule has 0 radical (unpaired) electrons. The second kappa shape index (κ2) is 2.92. The van der Waals surface area contributed by atoms with Crippen molar-refractivity contribution < 1.29 is 4.52 Å². The van der Waals surface area contributed by atoms with Gasteiger partial charge in [0.2, 0.25) is 0 Å². The van der Waals surface area contributed by atoms with E-state index in [-0.39, 0.29) is 0 Å². The lowest BCUT2D eigenvalue weighted by molar-refractivity contribution is 0.389. The Bertz CT molecular complexity index is 166. The van der Waals surface area contributed by atoms with E-state index < -0.39 is 0 Å². The van der Waals surface area contributed by atoms with Crippen molar-refractivity contribution in [3.8, 4) is 0 Å². The van der Waals surface area contributed by atoms with Gasteiger partial charge in [-0.1, -0.05) is 12.1 Å². The van der Waals surface area contributed by atoms with Crippen LogP contribution in [-0.2, 0) is 12.2 Å². The monoisotopic (exact) mass is 143 g/mol. The Morgan fingerprint density at radius 3 is 2.89 bits per heavy atom. The molecule has 0 aromatic carbocycles. The molecule has 1 rings (SSSR count). The molecule has 0 amide bonds. The summed E-state index contributed by atoms with van der Waals surface area (Å²) in [5.74, 6) is 1.47. The van der Waals surface area contributed by atoms with E-state index in [0.29, 0.717) is 5.75 Å². The lowest BCUT2D eigenvalue weighted by atomic mass is 10.3. The van der Waals surface area contributed by atoms with Gasteiger partial charge in [0.25, 0.3) is 0 Å². The number of aryl methyl sites for hydroxylation is 1. The normalized spacial score (nSPS) is 10.0. The summed E-state index contributed by atoms with van der Waals surface area (Å²) in [7, 11) is 0. The van der Waals surface area contributed by atoms with Gasteiger partial charge in [-0.15, -0.1) is 0 Å². The molecule has 0 atom stereocenters. The van der Waals surface area contributed by atoms with Gasteiger partial charge in [0.15, 0.2) is 0 Å². The van der Waals surface area contributed by atoms with Crippen molar-refractivity contribution in [1.82, 2.24) is 5.16 Å². The van der Waals surface area contributed by atoms with Gasteiger partial charge in [0, 0.05) is 6.07 Å². The van der Waals surface area contributed by atoms with Crippen LogP contribution in [0.2, 0.25) is 0 Å². The molecule has 1 heterocycles. The standard InChI is InChI=1S/C6H9NOS/c1-2-5-3-6(4-9)8-7-5/h3,9H,2,4H2,1H3. The minimum Gasteiger partial charge on any atom is -0.360 e. The molecular weight excluding hydrogens is 134 g/mol. The van der Waals surface area contributed by atoms with Gasteiger partial charge in [0.05, 0.1) is 11.4 Å². The van der Waals surface area contributed by atoms with Crippen LogP contribution in [0.3, 0.4) is 0 Å². The van der Waals surface area contributed by atoms with Crippen molar-refractivity contribution >= 4 is 12.6 Å². The Kier molecular flexibility index (Phi) is 2.16. The van der Waals surface area contributed by atoms with Crippen LogP contribution in [0.15, 0.2) is 10.6 Å². The maximum atomic E-state index is 4.88. The van der Waals surface area contributed by atoms with Gasteiger partial charge >= 0.3 is 0 Å². The van der Waals surface area contributed by atoms with Crippen LogP contribution in [0.1, 0.15) is 18.4 Å². The highest BCUT2D eigenvalue weighted by Crippen LogP contribution is 2.05. The van der Waals surface area contributed by atoms with Crippen LogP contribution in [0.25, 0.3) is 0 Å². The van der Waals surface area contributed by atoms with Crippen molar-refractivity contribution in [1.29, 1.82) is 0 Å². The van der Waals surface area contributed by atoms with E-state index in [4.69, 9.17) is 4.52 Å². The molecule has 0 N–H and O–H groups in total. The zero-order valence-corrected chi connectivity index (χ0v) is 6.19. The minimum atomic E-state index is 0.632. The second-order valence-electron chi connectivity index (χ2n) is 1.80. The van der Waals surface area contributed by atoms with Gasteiger partial charge in [-0.05, 0) is 6.42 Å². The fourth-order valence-electron chi connectivity index (χ4n) is 0.597. The van der Waals surface area contributed by atoms with Crippen molar-refractivity contribution in [2.75, 3.05) is 0 Å². The van der Waals surface area contributed by atoms with Crippen molar-refractivity contribution in [2.24, 2.45) is 0 Å². The molecule has 0 aliphatic heterocycles. The molecule has 0 saturated carbocycles. The van der Waals surface area contributed by atoms with Crippen molar-refractivity contribution in [2.45, 2.75) is 19.1 Å². The number of hydrogen-bond acceptors (Lipinski definition) is 3. The topological polar surface area (TPSA) is 26.0 Å². The fourth-order valence-corrected chi connectivity index (χ4v) is 0.746. The molecule has 1 aromatic rings. The molecule has 3 heteroatoms. The molecule has 2 nitrogen and oxygen atoms in total. The summed E-state index contributed by atoms with van der Waals surface area (Å²) in [4.78, 5) is 0. The first kappa shape index (κ1) is 6.68. The third-order valence-electron chi connectivity index (χ3n) is 1.13. The highest BCUT2D eigenvalue weighted by atomic mass is 32.1. The third-order valence-corrected chi connectivity index (χ3v) is 1.44. The van der Waals surface area contributed by atoms with Crippen molar-refractivity contribution in [3.63, 3.8) is 0 Å². The van der Waals surface area contributed by atoms with E-state index in [1.54, 1.807) is 0 Å². The summed E-state index contributed by atoms with van der Waals surface area (Å²) >= 11 is 4.03. The van der Waals surface area contributed by atoms with Gasteiger partial charge in [-0.2, -0.15) is 12.6 Å². The summed E-state index contributed by atoms with van der Waals surface area (Å²) < 4.78 is 4.88. The minimum absolute atomic E-state index is 0.632. The molecular formula is C6H9NOS. The number of aromatic nitrogens is 1. The molecule has 0 fully saturated rings. The maximum Gasteiger partial charge on any atom is 0.146 e. The average Bonchev–Trinajstić information content (AvgIpc) is 2.34. The number of hydrogen-bond donors (Lipinski definition) is 1. The summed E-state index contributed by atoms with van der Waals surface area (Å²) in [6.07, 6.45) is 0.928. The Morgan fingerprint density at radius 1 is 1.78 bits per heavy atom. The van der Waals surface area contributed by atoms with Crippen LogP contribution in [0.5, 0.6) is 0 Å². The third kappa shape index (κ3) is 1.48. The lowest BCUT2D eigenvalue weighted by Crippen LogP contribution is -1.74. The first-order chi connectivity index (χ1) is 4.36. The summed E-state index contributed by atoms with van der Waals surface area (Å²) in [5.41, 5.74) is 0.999. The van der Waals surface area contributed by atoms with Crippen LogP contribution in [0.4, 0.5) is 0 Å². The van der Waals surface area contributed by atoms with Crippen LogP contribution < -0.4 is 0 Å². The Labute approximate surface area is 59.6 Å². The zero-order chi connectivity index (χ0) is 6.69. The van der Waals surface area contributed by atoms with Gasteiger partial charge in [0.1, 0.15) is 5.76 Å². The predicted molar refractivity (Wildman–Crippen MR) is 38.6 cm³/mol. The van der Waals surface area contributed by atoms with E-state index in [1.807, 2.05) is 13.0 Å². The quantitative estimate of drug-likeness (QED) is 0.637. The molecule has 50 valence electrons. The van der Waals surface area contributed by atoms with Crippen LogP contribution in [0, 0.1) is 0 Å². The van der Waals surface area contributed by atoms with Crippen LogP contribution in [-0.4, -0.2) is 5.16 Å². The predicted octanol–water partition coefficient (Wildman–Crippen LogP) is 1.67. The van der Waals surface area contributed by atoms with Crippen LogP contribution >= 0.6 is 12.6 Å². The molecule has 0 aliphatic carbocycles. The Hall–Kier alpha value is -0.440. The van der Waals surface area contributed by atoms with Gasteiger partial charge < -0.3 is 4.52 Å². The highest BCUT2D eigenvalue weighted by molar-refractivity contribution is 7.79. The molecule has 0 aliphatic rings. The van der Waals surface area contributed by atoms with E-state index >= 15 is 0 Å². The van der Waals surface area contributed by atoms with E-state index in [9.17, 15) is 0 Å².